The molecular weight excluding hydrogens is 266 g/mol. The molecule has 114 valence electrons. The number of ether oxygens (including phenoxy) is 1. The number of amides is 1. The van der Waals surface area contributed by atoms with Gasteiger partial charge in [-0.1, -0.05) is 6.42 Å². The first kappa shape index (κ1) is 14.2. The lowest BCUT2D eigenvalue weighted by atomic mass is 9.99. The molecule has 0 bridgehead atoms. The van der Waals surface area contributed by atoms with Gasteiger partial charge in [0.25, 0.3) is 5.91 Å². The van der Waals surface area contributed by atoms with Crippen LogP contribution < -0.4 is 10.5 Å². The normalized spacial score (nSPS) is 22.7. The fraction of sp³-hybridized carbons (Fsp3) is 0.562. The highest BCUT2D eigenvalue weighted by Crippen LogP contribution is 2.26. The molecule has 21 heavy (non-hydrogen) atoms. The molecule has 0 radical (unpaired) electrons. The van der Waals surface area contributed by atoms with Crippen LogP contribution in [0.4, 0.5) is 5.69 Å². The Labute approximate surface area is 125 Å². The topological polar surface area (TPSA) is 58.8 Å². The summed E-state index contributed by atoms with van der Waals surface area (Å²) >= 11 is 0. The van der Waals surface area contributed by atoms with Crippen LogP contribution in [-0.4, -0.2) is 55.0 Å². The lowest BCUT2D eigenvalue weighted by molar-refractivity contribution is 0.0370. The van der Waals surface area contributed by atoms with Gasteiger partial charge in [0.1, 0.15) is 5.75 Å². The van der Waals surface area contributed by atoms with Crippen molar-refractivity contribution in [1.82, 2.24) is 9.80 Å². The first-order chi connectivity index (χ1) is 10.2. The van der Waals surface area contributed by atoms with Crippen LogP contribution in [0.5, 0.6) is 5.75 Å². The summed E-state index contributed by atoms with van der Waals surface area (Å²) in [5.41, 5.74) is 6.98. The molecule has 0 aromatic heterocycles. The van der Waals surface area contributed by atoms with E-state index in [-0.39, 0.29) is 5.91 Å². The minimum Gasteiger partial charge on any atom is -0.496 e. The van der Waals surface area contributed by atoms with Crippen LogP contribution >= 0.6 is 0 Å². The number of anilines is 1. The summed E-state index contributed by atoms with van der Waals surface area (Å²) in [4.78, 5) is 17.2. The molecular formula is C16H23N3O2. The van der Waals surface area contributed by atoms with Gasteiger partial charge in [0.05, 0.1) is 12.7 Å². The molecule has 1 unspecified atom stereocenters. The highest BCUT2D eigenvalue weighted by atomic mass is 16.5. The van der Waals surface area contributed by atoms with Gasteiger partial charge < -0.3 is 15.4 Å². The maximum atomic E-state index is 12.8. The summed E-state index contributed by atoms with van der Waals surface area (Å²) in [6.07, 6.45) is 3.76. The number of carbonyl (C=O) groups excluding carboxylic acids is 1. The van der Waals surface area contributed by atoms with Crippen molar-refractivity contribution >= 4 is 11.6 Å². The highest BCUT2D eigenvalue weighted by molar-refractivity contribution is 5.97. The number of piperazine rings is 1. The Morgan fingerprint density at radius 3 is 2.95 bits per heavy atom. The number of methoxy groups -OCH3 is 1. The zero-order chi connectivity index (χ0) is 14.8. The third-order valence-electron chi connectivity index (χ3n) is 4.58. The van der Waals surface area contributed by atoms with Gasteiger partial charge in [-0.05, 0) is 31.5 Å². The first-order valence-electron chi connectivity index (χ1n) is 7.66. The van der Waals surface area contributed by atoms with E-state index in [1.807, 2.05) is 4.90 Å². The number of hydrogen-bond acceptors (Lipinski definition) is 4. The van der Waals surface area contributed by atoms with Gasteiger partial charge in [0.2, 0.25) is 0 Å². The molecule has 0 saturated carbocycles. The predicted octanol–water partition coefficient (Wildman–Crippen LogP) is 1.59. The fourth-order valence-electron chi connectivity index (χ4n) is 3.40. The second-order valence-corrected chi connectivity index (χ2v) is 5.90. The molecule has 3 rings (SSSR count). The van der Waals surface area contributed by atoms with Crippen LogP contribution in [0, 0.1) is 0 Å². The second kappa shape index (κ2) is 5.93. The molecule has 1 atom stereocenters. The smallest absolute Gasteiger partial charge is 0.257 e. The zero-order valence-electron chi connectivity index (χ0n) is 12.5. The molecule has 1 amide bonds. The molecule has 2 heterocycles. The van der Waals surface area contributed by atoms with E-state index in [0.29, 0.717) is 23.0 Å². The number of hydrogen-bond donors (Lipinski definition) is 1. The molecule has 2 aliphatic rings. The molecule has 2 fully saturated rings. The van der Waals surface area contributed by atoms with Crippen molar-refractivity contribution in [3.63, 3.8) is 0 Å². The Balaban J connectivity index is 1.76. The van der Waals surface area contributed by atoms with E-state index in [2.05, 4.69) is 4.90 Å². The van der Waals surface area contributed by atoms with E-state index in [0.717, 1.165) is 19.6 Å². The minimum absolute atomic E-state index is 0.0528. The van der Waals surface area contributed by atoms with E-state index in [1.54, 1.807) is 25.3 Å². The third kappa shape index (κ3) is 2.83. The first-order valence-corrected chi connectivity index (χ1v) is 7.66. The van der Waals surface area contributed by atoms with Crippen LogP contribution in [0.3, 0.4) is 0 Å². The Morgan fingerprint density at radius 2 is 2.14 bits per heavy atom. The summed E-state index contributed by atoms with van der Waals surface area (Å²) in [5.74, 6) is 0.614. The summed E-state index contributed by atoms with van der Waals surface area (Å²) in [6, 6.07) is 5.76. The Morgan fingerprint density at radius 1 is 1.29 bits per heavy atom. The number of piperidine rings is 1. The molecule has 0 spiro atoms. The highest BCUT2D eigenvalue weighted by Gasteiger charge is 2.32. The number of nitrogens with zero attached hydrogens (tertiary/aromatic N) is 2. The monoisotopic (exact) mass is 289 g/mol. The molecule has 2 saturated heterocycles. The number of rotatable bonds is 2. The maximum absolute atomic E-state index is 12.8. The summed E-state index contributed by atoms with van der Waals surface area (Å²) in [7, 11) is 1.57. The number of carbonyl (C=O) groups is 1. The molecule has 2 aliphatic heterocycles. The van der Waals surface area contributed by atoms with Crippen molar-refractivity contribution in [2.45, 2.75) is 25.3 Å². The Hall–Kier alpha value is -1.75. The quantitative estimate of drug-likeness (QED) is 0.840. The van der Waals surface area contributed by atoms with Crippen molar-refractivity contribution in [2.75, 3.05) is 39.0 Å². The SMILES string of the molecule is COc1cc(N)ccc1C(=O)N1CCN2CCCCC2C1. The van der Waals surface area contributed by atoms with Crippen molar-refractivity contribution in [3.8, 4) is 5.75 Å². The third-order valence-corrected chi connectivity index (χ3v) is 4.58. The molecule has 1 aromatic rings. The molecule has 0 aliphatic carbocycles. The summed E-state index contributed by atoms with van der Waals surface area (Å²) < 4.78 is 5.31. The largest absolute Gasteiger partial charge is 0.496 e. The maximum Gasteiger partial charge on any atom is 0.257 e. The van der Waals surface area contributed by atoms with Gasteiger partial charge >= 0.3 is 0 Å². The van der Waals surface area contributed by atoms with Gasteiger partial charge in [-0.3, -0.25) is 9.69 Å². The second-order valence-electron chi connectivity index (χ2n) is 5.90. The van der Waals surface area contributed by atoms with Gasteiger partial charge in [-0.25, -0.2) is 0 Å². The van der Waals surface area contributed by atoms with Crippen LogP contribution in [0.2, 0.25) is 0 Å². The average molecular weight is 289 g/mol. The Bertz CT molecular complexity index is 532. The predicted molar refractivity (Wildman–Crippen MR) is 82.5 cm³/mol. The van der Waals surface area contributed by atoms with Gasteiger partial charge in [-0.2, -0.15) is 0 Å². The van der Waals surface area contributed by atoms with Crippen molar-refractivity contribution in [1.29, 1.82) is 0 Å². The molecule has 2 N–H and O–H groups in total. The number of nitrogen functional groups attached to an aromatic ring is 1. The van der Waals surface area contributed by atoms with E-state index >= 15 is 0 Å². The van der Waals surface area contributed by atoms with E-state index in [4.69, 9.17) is 10.5 Å². The zero-order valence-corrected chi connectivity index (χ0v) is 12.5. The molecule has 5 heteroatoms. The van der Waals surface area contributed by atoms with Gasteiger partial charge in [0.15, 0.2) is 0 Å². The minimum atomic E-state index is 0.0528. The van der Waals surface area contributed by atoms with E-state index in [9.17, 15) is 4.79 Å². The number of benzene rings is 1. The number of nitrogens with two attached hydrogens (primary N) is 1. The Kier molecular flexibility index (Phi) is 4.01. The fourth-order valence-corrected chi connectivity index (χ4v) is 3.40. The van der Waals surface area contributed by atoms with Crippen molar-refractivity contribution < 1.29 is 9.53 Å². The van der Waals surface area contributed by atoms with Gasteiger partial charge in [-0.15, -0.1) is 0 Å². The van der Waals surface area contributed by atoms with Crippen LogP contribution in [-0.2, 0) is 0 Å². The number of fused-ring (bicyclic) bond motifs is 1. The average Bonchev–Trinajstić information content (AvgIpc) is 2.53. The van der Waals surface area contributed by atoms with Crippen molar-refractivity contribution in [2.24, 2.45) is 0 Å². The summed E-state index contributed by atoms with van der Waals surface area (Å²) in [5, 5.41) is 0. The van der Waals surface area contributed by atoms with Crippen LogP contribution in [0.15, 0.2) is 18.2 Å². The lowest BCUT2D eigenvalue weighted by Crippen LogP contribution is -2.56. The standard InChI is InChI=1S/C16H23N3O2/c1-21-15-10-12(17)5-6-14(15)16(20)19-9-8-18-7-3-2-4-13(18)11-19/h5-6,10,13H,2-4,7-9,11,17H2,1H3. The summed E-state index contributed by atoms with van der Waals surface area (Å²) in [6.45, 7) is 3.78. The van der Waals surface area contributed by atoms with E-state index in [1.165, 1.54) is 25.8 Å². The van der Waals surface area contributed by atoms with Crippen LogP contribution in [0.1, 0.15) is 29.6 Å². The molecule has 1 aromatic carbocycles. The van der Waals surface area contributed by atoms with E-state index < -0.39 is 0 Å². The van der Waals surface area contributed by atoms with Crippen molar-refractivity contribution in [3.05, 3.63) is 23.8 Å². The van der Waals surface area contributed by atoms with Crippen LogP contribution in [0.25, 0.3) is 0 Å². The lowest BCUT2D eigenvalue weighted by Gasteiger charge is -2.44. The molecule has 5 nitrogen and oxygen atoms in total. The van der Waals surface area contributed by atoms with Gasteiger partial charge in [0, 0.05) is 37.4 Å².